The van der Waals surface area contributed by atoms with Crippen molar-refractivity contribution >= 4 is 5.97 Å². The average Bonchev–Trinajstić information content (AvgIpc) is 2.92. The fraction of sp³-hybridized carbons (Fsp3) is 0.864. The molecule has 0 unspecified atom stereocenters. The summed E-state index contributed by atoms with van der Waals surface area (Å²) in [5.41, 5.74) is 1.80. The first kappa shape index (κ1) is 18.5. The molecule has 146 valence electrons. The summed E-state index contributed by atoms with van der Waals surface area (Å²) in [6.45, 7) is 4.75. The third-order valence-electron chi connectivity index (χ3n) is 9.00. The Balaban J connectivity index is 1.59. The third-order valence-corrected chi connectivity index (χ3v) is 9.00. The Morgan fingerprint density at radius 2 is 1.96 bits per heavy atom. The summed E-state index contributed by atoms with van der Waals surface area (Å²) < 4.78 is 0. The molecule has 4 aliphatic carbocycles. The number of aliphatic hydroxyl groups excluding tert-OH is 2. The molecule has 4 nitrogen and oxygen atoms in total. The van der Waals surface area contributed by atoms with Gasteiger partial charge in [0.2, 0.25) is 0 Å². The van der Waals surface area contributed by atoms with Crippen molar-refractivity contribution in [3.8, 4) is 0 Å². The standard InChI is InChI=1S/C22H34O4/c1-21-9-7-14(23)11-13(21)3-4-15-16-5-6-18(19(24)12-20(25)26)22(16,2)10-8-17(15)21/h3,14-19,23-24H,4-12H2,1-2H3,(H,25,26)/t14-,15-,16-,17-,18+,19-,21-,22-/m0/s1. The number of carboxylic acids is 1. The van der Waals surface area contributed by atoms with Gasteiger partial charge in [0.25, 0.3) is 0 Å². The smallest absolute Gasteiger partial charge is 0.305 e. The number of fused-ring (bicyclic) bond motifs is 5. The summed E-state index contributed by atoms with van der Waals surface area (Å²) in [4.78, 5) is 11.1. The van der Waals surface area contributed by atoms with Gasteiger partial charge in [-0.3, -0.25) is 4.79 Å². The maximum absolute atomic E-state index is 11.1. The number of aliphatic carboxylic acids is 1. The van der Waals surface area contributed by atoms with Gasteiger partial charge in [0, 0.05) is 0 Å². The molecular formula is C22H34O4. The van der Waals surface area contributed by atoms with Gasteiger partial charge in [-0.2, -0.15) is 0 Å². The van der Waals surface area contributed by atoms with Crippen molar-refractivity contribution in [3.05, 3.63) is 11.6 Å². The van der Waals surface area contributed by atoms with Crippen LogP contribution in [0.25, 0.3) is 0 Å². The number of hydrogen-bond donors (Lipinski definition) is 3. The van der Waals surface area contributed by atoms with Gasteiger partial charge in [0.1, 0.15) is 0 Å². The molecule has 0 heterocycles. The van der Waals surface area contributed by atoms with Crippen LogP contribution in [0.2, 0.25) is 0 Å². The molecule has 0 radical (unpaired) electrons. The van der Waals surface area contributed by atoms with Crippen molar-refractivity contribution < 1.29 is 20.1 Å². The summed E-state index contributed by atoms with van der Waals surface area (Å²) in [7, 11) is 0. The summed E-state index contributed by atoms with van der Waals surface area (Å²) in [5, 5.41) is 29.8. The molecule has 0 aliphatic heterocycles. The lowest BCUT2D eigenvalue weighted by Crippen LogP contribution is -2.51. The fourth-order valence-electron chi connectivity index (χ4n) is 7.64. The zero-order chi connectivity index (χ0) is 18.7. The number of carbonyl (C=O) groups is 1. The maximum Gasteiger partial charge on any atom is 0.305 e. The lowest BCUT2D eigenvalue weighted by molar-refractivity contribution is -0.141. The normalized spacial score (nSPS) is 48.8. The minimum Gasteiger partial charge on any atom is -0.481 e. The van der Waals surface area contributed by atoms with E-state index in [1.807, 2.05) is 0 Å². The fourth-order valence-corrected chi connectivity index (χ4v) is 7.64. The Bertz CT molecular complexity index is 613. The van der Waals surface area contributed by atoms with Crippen LogP contribution in [0.1, 0.15) is 71.6 Å². The second-order valence-corrected chi connectivity index (χ2v) is 10.0. The van der Waals surface area contributed by atoms with Crippen LogP contribution in [-0.4, -0.2) is 33.5 Å². The van der Waals surface area contributed by atoms with E-state index in [4.69, 9.17) is 5.11 Å². The van der Waals surface area contributed by atoms with Crippen molar-refractivity contribution in [2.45, 2.75) is 83.8 Å². The lowest BCUT2D eigenvalue weighted by atomic mass is 9.47. The van der Waals surface area contributed by atoms with Crippen LogP contribution < -0.4 is 0 Å². The van der Waals surface area contributed by atoms with Gasteiger partial charge in [-0.25, -0.2) is 0 Å². The summed E-state index contributed by atoms with van der Waals surface area (Å²) in [5.74, 6) is 1.16. The van der Waals surface area contributed by atoms with Gasteiger partial charge in [0.05, 0.1) is 18.6 Å². The first-order valence-electron chi connectivity index (χ1n) is 10.5. The van der Waals surface area contributed by atoms with Crippen LogP contribution in [-0.2, 0) is 4.79 Å². The maximum atomic E-state index is 11.1. The van der Waals surface area contributed by atoms with Crippen LogP contribution in [0.4, 0.5) is 0 Å². The summed E-state index contributed by atoms with van der Waals surface area (Å²) in [6, 6.07) is 0. The van der Waals surface area contributed by atoms with E-state index in [2.05, 4.69) is 19.9 Å². The molecule has 0 aromatic heterocycles. The van der Waals surface area contributed by atoms with E-state index in [9.17, 15) is 15.0 Å². The van der Waals surface area contributed by atoms with Crippen molar-refractivity contribution in [2.75, 3.05) is 0 Å². The van der Waals surface area contributed by atoms with Crippen LogP contribution in [0.5, 0.6) is 0 Å². The minimum atomic E-state index is -0.892. The van der Waals surface area contributed by atoms with Gasteiger partial charge in [-0.05, 0) is 85.9 Å². The van der Waals surface area contributed by atoms with E-state index in [0.717, 1.165) is 44.9 Å². The highest BCUT2D eigenvalue weighted by Crippen LogP contribution is 2.66. The van der Waals surface area contributed by atoms with E-state index in [0.29, 0.717) is 17.8 Å². The van der Waals surface area contributed by atoms with Crippen LogP contribution >= 0.6 is 0 Å². The Morgan fingerprint density at radius 1 is 1.19 bits per heavy atom. The molecule has 3 saturated carbocycles. The molecule has 4 heteroatoms. The molecule has 26 heavy (non-hydrogen) atoms. The molecular weight excluding hydrogens is 328 g/mol. The Kier molecular flexibility index (Phi) is 4.51. The van der Waals surface area contributed by atoms with Crippen molar-refractivity contribution in [1.82, 2.24) is 0 Å². The highest BCUT2D eigenvalue weighted by Gasteiger charge is 2.59. The quantitative estimate of drug-likeness (QED) is 0.668. The van der Waals surface area contributed by atoms with Gasteiger partial charge in [-0.15, -0.1) is 0 Å². The lowest BCUT2D eigenvalue weighted by Gasteiger charge is -2.58. The molecule has 4 rings (SSSR count). The van der Waals surface area contributed by atoms with E-state index < -0.39 is 12.1 Å². The van der Waals surface area contributed by atoms with Gasteiger partial charge < -0.3 is 15.3 Å². The number of carboxylic acid groups (broad SMARTS) is 1. The summed E-state index contributed by atoms with van der Waals surface area (Å²) in [6.07, 6.45) is 9.75. The number of allylic oxidation sites excluding steroid dienone is 1. The van der Waals surface area contributed by atoms with E-state index in [1.54, 1.807) is 0 Å². The number of rotatable bonds is 3. The number of hydrogen-bond acceptors (Lipinski definition) is 3. The second-order valence-electron chi connectivity index (χ2n) is 10.0. The average molecular weight is 363 g/mol. The number of aliphatic hydroxyl groups is 2. The topological polar surface area (TPSA) is 77.8 Å². The van der Waals surface area contributed by atoms with Crippen LogP contribution in [0, 0.1) is 34.5 Å². The molecule has 0 amide bonds. The monoisotopic (exact) mass is 362 g/mol. The molecule has 3 fully saturated rings. The molecule has 0 bridgehead atoms. The van der Waals surface area contributed by atoms with Crippen LogP contribution in [0.15, 0.2) is 11.6 Å². The Hall–Kier alpha value is -0.870. The molecule has 8 atom stereocenters. The Labute approximate surface area is 156 Å². The Morgan fingerprint density at radius 3 is 2.69 bits per heavy atom. The predicted molar refractivity (Wildman–Crippen MR) is 99.5 cm³/mol. The van der Waals surface area contributed by atoms with Crippen molar-refractivity contribution in [2.24, 2.45) is 34.5 Å². The molecule has 0 spiro atoms. The first-order chi connectivity index (χ1) is 12.3. The second kappa shape index (κ2) is 6.34. The van der Waals surface area contributed by atoms with Crippen molar-refractivity contribution in [3.63, 3.8) is 0 Å². The SMILES string of the molecule is C[C@]12CC[C@H]3[C@@H](CC=C4C[C@@H](O)CC[C@@]43C)[C@@H]1CC[C@@H]2[C@@H](O)CC(=O)O. The van der Waals surface area contributed by atoms with Crippen LogP contribution in [0.3, 0.4) is 0 Å². The summed E-state index contributed by atoms with van der Waals surface area (Å²) >= 11 is 0. The molecule has 0 aromatic carbocycles. The van der Waals surface area contributed by atoms with Gasteiger partial charge >= 0.3 is 5.97 Å². The van der Waals surface area contributed by atoms with Gasteiger partial charge in [-0.1, -0.05) is 25.5 Å². The molecule has 3 N–H and O–H groups in total. The first-order valence-corrected chi connectivity index (χ1v) is 10.5. The zero-order valence-electron chi connectivity index (χ0n) is 16.2. The molecule has 4 aliphatic rings. The predicted octanol–water partition coefficient (Wildman–Crippen LogP) is 3.76. The zero-order valence-corrected chi connectivity index (χ0v) is 16.2. The highest BCUT2D eigenvalue weighted by atomic mass is 16.4. The van der Waals surface area contributed by atoms with Crippen molar-refractivity contribution in [1.29, 1.82) is 0 Å². The van der Waals surface area contributed by atoms with Gasteiger partial charge in [0.15, 0.2) is 0 Å². The third kappa shape index (κ3) is 2.67. The van der Waals surface area contributed by atoms with E-state index in [1.165, 1.54) is 12.0 Å². The van der Waals surface area contributed by atoms with E-state index >= 15 is 0 Å². The highest BCUT2D eigenvalue weighted by molar-refractivity contribution is 5.67. The largest absolute Gasteiger partial charge is 0.481 e. The molecule has 0 aromatic rings. The molecule has 0 saturated heterocycles. The van der Waals surface area contributed by atoms with E-state index in [-0.39, 0.29) is 29.3 Å². The minimum absolute atomic E-state index is 0.0753.